The number of pyridine rings is 1. The molecule has 3 heterocycles. The molecule has 2 aliphatic heterocycles. The number of carbonyl (C=O) groups excluding carboxylic acids is 1. The molecule has 0 amide bonds. The van der Waals surface area contributed by atoms with Crippen molar-refractivity contribution >= 4 is 5.97 Å². The zero-order valence-electron chi connectivity index (χ0n) is 16.0. The lowest BCUT2D eigenvalue weighted by Gasteiger charge is -2.17. The third-order valence-electron chi connectivity index (χ3n) is 5.03. The van der Waals surface area contributed by atoms with Crippen LogP contribution < -0.4 is 5.56 Å². The van der Waals surface area contributed by atoms with Crippen LogP contribution in [0.2, 0.25) is 0 Å². The van der Waals surface area contributed by atoms with E-state index in [-0.39, 0.29) is 17.0 Å². The highest BCUT2D eigenvalue weighted by atomic mass is 16.5. The summed E-state index contributed by atoms with van der Waals surface area (Å²) in [5.74, 6) is 0.549. The number of fused-ring (bicyclic) bond motifs is 1. The molecule has 0 radical (unpaired) electrons. The fourth-order valence-corrected chi connectivity index (χ4v) is 3.55. The second kappa shape index (κ2) is 8.18. The minimum atomic E-state index is -0.525. The Morgan fingerprint density at radius 3 is 2.76 bits per heavy atom. The topological polar surface area (TPSA) is 90.1 Å². The predicted molar refractivity (Wildman–Crippen MR) is 107 cm³/mol. The lowest BCUT2D eigenvalue weighted by molar-refractivity contribution is 0.0600. The van der Waals surface area contributed by atoms with E-state index in [9.17, 15) is 9.59 Å². The third kappa shape index (κ3) is 3.99. The molecule has 1 aromatic carbocycles. The van der Waals surface area contributed by atoms with E-state index in [0.717, 1.165) is 18.6 Å². The van der Waals surface area contributed by atoms with Crippen molar-refractivity contribution in [1.82, 2.24) is 14.8 Å². The molecule has 2 aliphatic rings. The highest BCUT2D eigenvalue weighted by molar-refractivity contribution is 5.95. The van der Waals surface area contributed by atoms with Crippen LogP contribution in [0.4, 0.5) is 0 Å². The summed E-state index contributed by atoms with van der Waals surface area (Å²) in [6, 6.07) is 14.1. The van der Waals surface area contributed by atoms with Crippen LogP contribution in [0.25, 0.3) is 11.3 Å². The SMILES string of the molecule is COC(=O)c1cn(CCC(Cc2ccccc2)c2ccco2)cc2c(=O)[nH]nc1-2. The Kier molecular flexibility index (Phi) is 5.29. The maximum Gasteiger partial charge on any atom is 0.341 e. The van der Waals surface area contributed by atoms with E-state index in [1.807, 2.05) is 34.9 Å². The van der Waals surface area contributed by atoms with Gasteiger partial charge in [0, 0.05) is 24.9 Å². The van der Waals surface area contributed by atoms with E-state index < -0.39 is 5.97 Å². The van der Waals surface area contributed by atoms with Crippen LogP contribution in [0.5, 0.6) is 0 Å². The first-order chi connectivity index (χ1) is 14.2. The number of methoxy groups -OCH3 is 1. The Hall–Kier alpha value is -3.61. The number of furan rings is 1. The van der Waals surface area contributed by atoms with Gasteiger partial charge in [-0.15, -0.1) is 0 Å². The molecule has 0 spiro atoms. The summed E-state index contributed by atoms with van der Waals surface area (Å²) in [5, 5.41) is 6.35. The number of aromatic amines is 1. The first-order valence-corrected chi connectivity index (χ1v) is 9.39. The second-order valence-corrected chi connectivity index (χ2v) is 6.91. The summed E-state index contributed by atoms with van der Waals surface area (Å²) in [5.41, 5.74) is 1.85. The van der Waals surface area contributed by atoms with Gasteiger partial charge in [-0.3, -0.25) is 4.79 Å². The lowest BCUT2D eigenvalue weighted by Crippen LogP contribution is -2.14. The molecule has 1 N–H and O–H groups in total. The maximum atomic E-state index is 12.1. The molecule has 2 aromatic rings. The molecular formula is C22H21N3O4. The number of aromatic nitrogens is 3. The third-order valence-corrected chi connectivity index (χ3v) is 5.03. The molecule has 148 valence electrons. The second-order valence-electron chi connectivity index (χ2n) is 6.91. The van der Waals surface area contributed by atoms with Crippen molar-refractivity contribution in [3.05, 3.63) is 88.4 Å². The van der Waals surface area contributed by atoms with Gasteiger partial charge in [0.25, 0.3) is 5.56 Å². The van der Waals surface area contributed by atoms with Gasteiger partial charge in [-0.2, -0.15) is 5.10 Å². The molecule has 7 heteroatoms. The molecule has 1 atom stereocenters. The van der Waals surface area contributed by atoms with E-state index in [2.05, 4.69) is 22.3 Å². The van der Waals surface area contributed by atoms with Gasteiger partial charge in [0.1, 0.15) is 17.0 Å². The van der Waals surface area contributed by atoms with E-state index >= 15 is 0 Å². The van der Waals surface area contributed by atoms with E-state index in [4.69, 9.17) is 9.15 Å². The molecule has 4 rings (SSSR count). The minimum absolute atomic E-state index is 0.160. The number of H-pyrrole nitrogens is 1. The number of hydrogen-bond acceptors (Lipinski definition) is 5. The van der Waals surface area contributed by atoms with Crippen molar-refractivity contribution < 1.29 is 13.9 Å². The maximum absolute atomic E-state index is 12.1. The predicted octanol–water partition coefficient (Wildman–Crippen LogP) is 3.47. The summed E-state index contributed by atoms with van der Waals surface area (Å²) in [7, 11) is 1.31. The summed E-state index contributed by atoms with van der Waals surface area (Å²) in [4.78, 5) is 24.2. The number of aryl methyl sites for hydroxylation is 1. The van der Waals surface area contributed by atoms with Crippen LogP contribution >= 0.6 is 0 Å². The van der Waals surface area contributed by atoms with Crippen molar-refractivity contribution in [2.45, 2.75) is 25.3 Å². The number of hydrogen-bond donors (Lipinski definition) is 1. The Bertz CT molecular complexity index is 1110. The normalized spacial score (nSPS) is 12.2. The van der Waals surface area contributed by atoms with Crippen LogP contribution in [0.15, 0.2) is 70.3 Å². The Morgan fingerprint density at radius 1 is 1.21 bits per heavy atom. The number of carbonyl (C=O) groups is 1. The van der Waals surface area contributed by atoms with Gasteiger partial charge in [0.05, 0.1) is 18.9 Å². The van der Waals surface area contributed by atoms with Crippen LogP contribution in [-0.4, -0.2) is 27.8 Å². The standard InChI is InChI=1S/C22H21N3O4/c1-28-22(27)18-14-25(13-17-20(18)23-24-21(17)26)10-9-16(19-8-5-11-29-19)12-15-6-3-2-4-7-15/h2-8,11,13-14,16H,9-10,12H2,1H3,(H,24,26). The Balaban J connectivity index is 1.61. The van der Waals surface area contributed by atoms with Crippen LogP contribution in [-0.2, 0) is 17.7 Å². The van der Waals surface area contributed by atoms with Gasteiger partial charge < -0.3 is 13.7 Å². The molecule has 0 saturated carbocycles. The van der Waals surface area contributed by atoms with Crippen LogP contribution in [0.1, 0.15) is 34.0 Å². The zero-order chi connectivity index (χ0) is 20.2. The van der Waals surface area contributed by atoms with Crippen molar-refractivity contribution in [2.24, 2.45) is 0 Å². The zero-order valence-corrected chi connectivity index (χ0v) is 16.0. The van der Waals surface area contributed by atoms with Gasteiger partial charge in [-0.05, 0) is 30.5 Å². The number of nitrogens with zero attached hydrogens (tertiary/aromatic N) is 2. The smallest absolute Gasteiger partial charge is 0.341 e. The van der Waals surface area contributed by atoms with Crippen LogP contribution in [0, 0.1) is 0 Å². The minimum Gasteiger partial charge on any atom is -0.469 e. The molecular weight excluding hydrogens is 370 g/mol. The van der Waals surface area contributed by atoms with Crippen LogP contribution in [0.3, 0.4) is 0 Å². The summed E-state index contributed by atoms with van der Waals surface area (Å²) in [6.45, 7) is 0.600. The number of benzene rings is 1. The molecule has 1 aromatic heterocycles. The molecule has 29 heavy (non-hydrogen) atoms. The van der Waals surface area contributed by atoms with Gasteiger partial charge in [0.15, 0.2) is 0 Å². The highest BCUT2D eigenvalue weighted by Crippen LogP contribution is 2.27. The van der Waals surface area contributed by atoms with Crippen molar-refractivity contribution in [1.29, 1.82) is 0 Å². The number of rotatable bonds is 7. The van der Waals surface area contributed by atoms with E-state index in [1.165, 1.54) is 12.7 Å². The first-order valence-electron chi connectivity index (χ1n) is 9.39. The Labute approximate surface area is 167 Å². The molecule has 1 unspecified atom stereocenters. The fourth-order valence-electron chi connectivity index (χ4n) is 3.55. The summed E-state index contributed by atoms with van der Waals surface area (Å²) < 4.78 is 12.4. The monoisotopic (exact) mass is 391 g/mol. The summed E-state index contributed by atoms with van der Waals surface area (Å²) in [6.07, 6.45) is 6.67. The Morgan fingerprint density at radius 2 is 2.03 bits per heavy atom. The van der Waals surface area contributed by atoms with Gasteiger partial charge >= 0.3 is 5.97 Å². The summed E-state index contributed by atoms with van der Waals surface area (Å²) >= 11 is 0. The van der Waals surface area contributed by atoms with Crippen molar-refractivity contribution in [2.75, 3.05) is 7.11 Å². The quantitative estimate of drug-likeness (QED) is 0.487. The number of ether oxygens (including phenoxy) is 1. The average Bonchev–Trinajstić information content (AvgIpc) is 3.41. The molecule has 0 aliphatic carbocycles. The molecule has 7 nitrogen and oxygen atoms in total. The van der Waals surface area contributed by atoms with E-state index in [1.54, 1.807) is 18.7 Å². The van der Waals surface area contributed by atoms with Gasteiger partial charge in [-0.1, -0.05) is 30.3 Å². The van der Waals surface area contributed by atoms with E-state index in [0.29, 0.717) is 17.8 Å². The molecule has 0 bridgehead atoms. The number of nitrogens with one attached hydrogen (secondary N) is 1. The fraction of sp³-hybridized carbons (Fsp3) is 0.227. The molecule has 0 fully saturated rings. The molecule has 0 saturated heterocycles. The van der Waals surface area contributed by atoms with Crippen molar-refractivity contribution in [3.8, 4) is 11.3 Å². The average molecular weight is 391 g/mol. The lowest BCUT2D eigenvalue weighted by atomic mass is 9.93. The van der Waals surface area contributed by atoms with Gasteiger partial charge in [0.2, 0.25) is 0 Å². The van der Waals surface area contributed by atoms with Crippen molar-refractivity contribution in [3.63, 3.8) is 0 Å². The highest BCUT2D eigenvalue weighted by Gasteiger charge is 2.22. The first kappa shape index (κ1) is 18.7. The van der Waals surface area contributed by atoms with Gasteiger partial charge in [-0.25, -0.2) is 9.89 Å². The number of esters is 1. The largest absolute Gasteiger partial charge is 0.469 e.